The summed E-state index contributed by atoms with van der Waals surface area (Å²) in [6, 6.07) is 10.9. The summed E-state index contributed by atoms with van der Waals surface area (Å²) in [6.45, 7) is 0.637. The van der Waals surface area contributed by atoms with E-state index in [0.717, 1.165) is 11.1 Å². The fourth-order valence-electron chi connectivity index (χ4n) is 2.32. The lowest BCUT2D eigenvalue weighted by Crippen LogP contribution is -2.30. The fraction of sp³-hybridized carbons (Fsp3) is 0.176. The van der Waals surface area contributed by atoms with Crippen molar-refractivity contribution >= 4 is 22.7 Å². The van der Waals surface area contributed by atoms with E-state index in [4.69, 9.17) is 0 Å². The number of para-hydroxylation sites is 1. The molecule has 3 N–H and O–H groups in total. The fourth-order valence-corrected chi connectivity index (χ4v) is 2.32. The maximum absolute atomic E-state index is 12.2. The van der Waals surface area contributed by atoms with Gasteiger partial charge < -0.3 is 10.6 Å². The van der Waals surface area contributed by atoms with Gasteiger partial charge in [0.05, 0.1) is 29.5 Å². The molecule has 3 aromatic rings. The first-order valence-corrected chi connectivity index (χ1v) is 7.61. The number of nitrogens with zero attached hydrogens (tertiary/aromatic N) is 2. The van der Waals surface area contributed by atoms with Crippen LogP contribution in [0.5, 0.6) is 0 Å². The molecule has 2 amide bonds. The molecule has 0 radical (unpaired) electrons. The highest BCUT2D eigenvalue weighted by molar-refractivity contribution is 6.05. The SMILES string of the molecule is O=C(CCNC(=O)c1cccc2cn[nH]c12)NCc1ccccn1. The maximum atomic E-state index is 12.2. The summed E-state index contributed by atoms with van der Waals surface area (Å²) in [5.41, 5.74) is 1.99. The van der Waals surface area contributed by atoms with Crippen molar-refractivity contribution in [3.63, 3.8) is 0 Å². The maximum Gasteiger partial charge on any atom is 0.253 e. The molecule has 0 atom stereocenters. The number of fused-ring (bicyclic) bond motifs is 1. The van der Waals surface area contributed by atoms with Crippen LogP contribution in [0.4, 0.5) is 0 Å². The Balaban J connectivity index is 1.47. The van der Waals surface area contributed by atoms with Gasteiger partial charge in [-0.05, 0) is 18.2 Å². The average Bonchev–Trinajstić information content (AvgIpc) is 3.09. The Kier molecular flexibility index (Phi) is 4.81. The predicted molar refractivity (Wildman–Crippen MR) is 89.1 cm³/mol. The molecule has 0 aliphatic rings. The Bertz CT molecular complexity index is 844. The van der Waals surface area contributed by atoms with E-state index in [9.17, 15) is 9.59 Å². The number of hydrogen-bond acceptors (Lipinski definition) is 4. The van der Waals surface area contributed by atoms with E-state index in [1.807, 2.05) is 24.3 Å². The van der Waals surface area contributed by atoms with Gasteiger partial charge in [-0.25, -0.2) is 0 Å². The Morgan fingerprint density at radius 3 is 2.83 bits per heavy atom. The second-order valence-corrected chi connectivity index (χ2v) is 5.24. The molecule has 0 saturated heterocycles. The van der Waals surface area contributed by atoms with E-state index in [-0.39, 0.29) is 24.8 Å². The normalized spacial score (nSPS) is 10.5. The monoisotopic (exact) mass is 323 g/mol. The van der Waals surface area contributed by atoms with Crippen LogP contribution in [-0.4, -0.2) is 33.5 Å². The number of hydrogen-bond donors (Lipinski definition) is 3. The minimum absolute atomic E-state index is 0.138. The molecule has 1 aromatic carbocycles. The van der Waals surface area contributed by atoms with Crippen molar-refractivity contribution in [2.45, 2.75) is 13.0 Å². The number of carbonyl (C=O) groups excluding carboxylic acids is 2. The first kappa shape index (κ1) is 15.7. The van der Waals surface area contributed by atoms with Gasteiger partial charge in [-0.3, -0.25) is 19.7 Å². The zero-order valence-corrected chi connectivity index (χ0v) is 13.0. The summed E-state index contributed by atoms with van der Waals surface area (Å²) >= 11 is 0. The highest BCUT2D eigenvalue weighted by atomic mass is 16.2. The van der Waals surface area contributed by atoms with Crippen molar-refractivity contribution in [3.05, 3.63) is 60.0 Å². The van der Waals surface area contributed by atoms with Gasteiger partial charge in [0, 0.05) is 24.5 Å². The highest BCUT2D eigenvalue weighted by Gasteiger charge is 2.11. The summed E-state index contributed by atoms with van der Waals surface area (Å²) in [4.78, 5) is 28.1. The van der Waals surface area contributed by atoms with E-state index < -0.39 is 0 Å². The first-order chi connectivity index (χ1) is 11.7. The number of rotatable bonds is 6. The van der Waals surface area contributed by atoms with E-state index in [1.54, 1.807) is 24.5 Å². The molecular formula is C17H17N5O2. The Morgan fingerprint density at radius 1 is 1.08 bits per heavy atom. The lowest BCUT2D eigenvalue weighted by molar-refractivity contribution is -0.121. The van der Waals surface area contributed by atoms with Crippen LogP contribution < -0.4 is 10.6 Å². The topological polar surface area (TPSA) is 99.8 Å². The molecule has 122 valence electrons. The number of nitrogens with one attached hydrogen (secondary N) is 3. The van der Waals surface area contributed by atoms with Crippen LogP contribution in [0.3, 0.4) is 0 Å². The van der Waals surface area contributed by atoms with Crippen molar-refractivity contribution in [1.82, 2.24) is 25.8 Å². The van der Waals surface area contributed by atoms with Crippen molar-refractivity contribution < 1.29 is 9.59 Å². The van der Waals surface area contributed by atoms with Gasteiger partial charge in [0.1, 0.15) is 0 Å². The number of H-pyrrole nitrogens is 1. The minimum atomic E-state index is -0.234. The molecule has 0 spiro atoms. The van der Waals surface area contributed by atoms with E-state index in [0.29, 0.717) is 17.6 Å². The number of aromatic nitrogens is 3. The third-order valence-corrected chi connectivity index (χ3v) is 3.55. The standard InChI is InChI=1S/C17H17N5O2/c23-15(20-11-13-5-1-2-8-18-13)7-9-19-17(24)14-6-3-4-12-10-21-22-16(12)14/h1-6,8,10H,7,9,11H2,(H,19,24)(H,20,23)(H,21,22). The molecule has 3 rings (SSSR count). The summed E-state index contributed by atoms with van der Waals surface area (Å²) in [7, 11) is 0. The molecule has 2 aromatic heterocycles. The van der Waals surface area contributed by atoms with Crippen LogP contribution >= 0.6 is 0 Å². The number of aromatic amines is 1. The van der Waals surface area contributed by atoms with Gasteiger partial charge in [-0.1, -0.05) is 18.2 Å². The Labute approximate surface area is 138 Å². The molecule has 0 fully saturated rings. The largest absolute Gasteiger partial charge is 0.351 e. The Morgan fingerprint density at radius 2 is 2.00 bits per heavy atom. The molecule has 0 aliphatic carbocycles. The zero-order chi connectivity index (χ0) is 16.8. The van der Waals surface area contributed by atoms with E-state index >= 15 is 0 Å². The van der Waals surface area contributed by atoms with Gasteiger partial charge in [0.2, 0.25) is 5.91 Å². The molecular weight excluding hydrogens is 306 g/mol. The molecule has 0 saturated carbocycles. The summed E-state index contributed by atoms with van der Waals surface area (Å²) in [5, 5.41) is 13.1. The second kappa shape index (κ2) is 7.36. The highest BCUT2D eigenvalue weighted by Crippen LogP contribution is 2.15. The smallest absolute Gasteiger partial charge is 0.253 e. The van der Waals surface area contributed by atoms with Crippen molar-refractivity contribution in [2.75, 3.05) is 6.54 Å². The summed E-state index contributed by atoms with van der Waals surface area (Å²) in [5.74, 6) is -0.372. The lowest BCUT2D eigenvalue weighted by atomic mass is 10.1. The number of carbonyl (C=O) groups is 2. The van der Waals surface area contributed by atoms with Crippen LogP contribution in [0.25, 0.3) is 10.9 Å². The van der Waals surface area contributed by atoms with Crippen molar-refractivity contribution in [1.29, 1.82) is 0 Å². The van der Waals surface area contributed by atoms with Crippen LogP contribution in [0.2, 0.25) is 0 Å². The molecule has 0 aliphatic heterocycles. The van der Waals surface area contributed by atoms with E-state index in [2.05, 4.69) is 25.8 Å². The lowest BCUT2D eigenvalue weighted by Gasteiger charge is -2.07. The molecule has 7 heteroatoms. The first-order valence-electron chi connectivity index (χ1n) is 7.61. The van der Waals surface area contributed by atoms with E-state index in [1.165, 1.54) is 0 Å². The van der Waals surface area contributed by atoms with Gasteiger partial charge in [-0.2, -0.15) is 5.10 Å². The van der Waals surface area contributed by atoms with Crippen molar-refractivity contribution in [3.8, 4) is 0 Å². The van der Waals surface area contributed by atoms with Crippen LogP contribution in [-0.2, 0) is 11.3 Å². The van der Waals surface area contributed by atoms with Crippen LogP contribution in [0, 0.1) is 0 Å². The molecule has 2 heterocycles. The second-order valence-electron chi connectivity index (χ2n) is 5.24. The predicted octanol–water partition coefficient (Wildman–Crippen LogP) is 1.39. The molecule has 0 bridgehead atoms. The number of amides is 2. The molecule has 0 unspecified atom stereocenters. The number of benzene rings is 1. The van der Waals surface area contributed by atoms with Crippen molar-refractivity contribution in [2.24, 2.45) is 0 Å². The van der Waals surface area contributed by atoms with Gasteiger partial charge in [-0.15, -0.1) is 0 Å². The van der Waals surface area contributed by atoms with Gasteiger partial charge in [0.25, 0.3) is 5.91 Å². The quantitative estimate of drug-likeness (QED) is 0.638. The third-order valence-electron chi connectivity index (χ3n) is 3.55. The Hall–Kier alpha value is -3.22. The molecule has 7 nitrogen and oxygen atoms in total. The summed E-state index contributed by atoms with van der Waals surface area (Å²) < 4.78 is 0. The van der Waals surface area contributed by atoms with Gasteiger partial charge >= 0.3 is 0 Å². The zero-order valence-electron chi connectivity index (χ0n) is 13.0. The van der Waals surface area contributed by atoms with Crippen LogP contribution in [0.15, 0.2) is 48.8 Å². The minimum Gasteiger partial charge on any atom is -0.351 e. The average molecular weight is 323 g/mol. The molecule has 24 heavy (non-hydrogen) atoms. The summed E-state index contributed by atoms with van der Waals surface area (Å²) in [6.07, 6.45) is 3.55. The van der Waals surface area contributed by atoms with Crippen LogP contribution in [0.1, 0.15) is 22.5 Å². The van der Waals surface area contributed by atoms with Gasteiger partial charge in [0.15, 0.2) is 0 Å². The number of pyridine rings is 1. The third kappa shape index (κ3) is 3.75.